The van der Waals surface area contributed by atoms with Crippen LogP contribution in [-0.2, 0) is 6.54 Å². The predicted octanol–water partition coefficient (Wildman–Crippen LogP) is 8.70. The number of nitrogens with zero attached hydrogens (tertiary/aromatic N) is 1. The second kappa shape index (κ2) is 20.9. The first-order valence-electron chi connectivity index (χ1n) is 14.0. The van der Waals surface area contributed by atoms with Crippen LogP contribution < -0.4 is 5.73 Å². The molecule has 0 aromatic heterocycles. The minimum atomic E-state index is -0.370. The van der Waals surface area contributed by atoms with Gasteiger partial charge in [-0.3, -0.25) is 0 Å². The average molecular weight is 461 g/mol. The zero-order chi connectivity index (χ0) is 24.0. The van der Waals surface area contributed by atoms with Crippen molar-refractivity contribution < 1.29 is 9.90 Å². The summed E-state index contributed by atoms with van der Waals surface area (Å²) in [5.74, 6) is 0.239. The molecular weight excluding hydrogens is 408 g/mol. The lowest BCUT2D eigenvalue weighted by atomic mass is 10.0. The molecule has 0 unspecified atom stereocenters. The Morgan fingerprint density at radius 2 is 1.03 bits per heavy atom. The van der Waals surface area contributed by atoms with Crippen molar-refractivity contribution >= 4 is 6.03 Å². The average Bonchev–Trinajstić information content (AvgIpc) is 2.81. The molecule has 0 heterocycles. The smallest absolute Gasteiger partial charge is 0.315 e. The van der Waals surface area contributed by atoms with E-state index in [-0.39, 0.29) is 11.8 Å². The molecule has 0 fully saturated rings. The van der Waals surface area contributed by atoms with Crippen molar-refractivity contribution in [3.63, 3.8) is 0 Å². The van der Waals surface area contributed by atoms with Gasteiger partial charge in [0.2, 0.25) is 0 Å². The number of phenolic OH excluding ortho intramolecular Hbond substituents is 1. The van der Waals surface area contributed by atoms with Crippen LogP contribution in [0.15, 0.2) is 24.3 Å². The molecule has 1 aromatic rings. The van der Waals surface area contributed by atoms with Gasteiger partial charge in [0.05, 0.1) is 0 Å². The van der Waals surface area contributed by atoms with Crippen molar-refractivity contribution in [2.75, 3.05) is 6.54 Å². The Labute approximate surface area is 204 Å². The van der Waals surface area contributed by atoms with E-state index in [1.54, 1.807) is 17.0 Å². The largest absolute Gasteiger partial charge is 0.508 e. The van der Waals surface area contributed by atoms with Crippen LogP contribution in [0, 0.1) is 0 Å². The van der Waals surface area contributed by atoms with Crippen molar-refractivity contribution in [3.8, 4) is 5.75 Å². The van der Waals surface area contributed by atoms with Gasteiger partial charge in [-0.2, -0.15) is 0 Å². The Bertz CT molecular complexity index is 573. The van der Waals surface area contributed by atoms with Gasteiger partial charge < -0.3 is 15.7 Å². The normalized spacial score (nSPS) is 11.1. The number of hydrogen-bond acceptors (Lipinski definition) is 2. The first kappa shape index (κ1) is 29.3. The third-order valence-corrected chi connectivity index (χ3v) is 6.65. The van der Waals surface area contributed by atoms with Gasteiger partial charge in [-0.25, -0.2) is 4.79 Å². The van der Waals surface area contributed by atoms with Gasteiger partial charge in [-0.05, 0) is 24.1 Å². The van der Waals surface area contributed by atoms with Gasteiger partial charge in [0.1, 0.15) is 5.75 Å². The molecule has 190 valence electrons. The van der Waals surface area contributed by atoms with Crippen LogP contribution in [0.3, 0.4) is 0 Å². The lowest BCUT2D eigenvalue weighted by molar-refractivity contribution is 0.203. The summed E-state index contributed by atoms with van der Waals surface area (Å²) < 4.78 is 0. The molecule has 0 spiro atoms. The molecule has 2 amide bonds. The fraction of sp³-hybridized carbons (Fsp3) is 0.759. The molecule has 0 aliphatic rings. The minimum absolute atomic E-state index is 0.239. The fourth-order valence-corrected chi connectivity index (χ4v) is 4.47. The quantitative estimate of drug-likeness (QED) is 0.170. The van der Waals surface area contributed by atoms with Crippen LogP contribution in [0.4, 0.5) is 4.79 Å². The highest BCUT2D eigenvalue weighted by Crippen LogP contribution is 2.15. The number of phenols is 1. The van der Waals surface area contributed by atoms with E-state index >= 15 is 0 Å². The highest BCUT2D eigenvalue weighted by Gasteiger charge is 2.10. The van der Waals surface area contributed by atoms with Crippen LogP contribution in [0.5, 0.6) is 5.75 Å². The molecule has 1 rings (SSSR count). The van der Waals surface area contributed by atoms with Crippen molar-refractivity contribution in [2.45, 2.75) is 135 Å². The lowest BCUT2D eigenvalue weighted by Crippen LogP contribution is -2.35. The zero-order valence-corrected chi connectivity index (χ0v) is 21.5. The molecule has 0 saturated heterocycles. The van der Waals surface area contributed by atoms with Gasteiger partial charge in [-0.15, -0.1) is 0 Å². The van der Waals surface area contributed by atoms with E-state index in [0.717, 1.165) is 18.4 Å². The molecule has 4 heteroatoms. The Kier molecular flexibility index (Phi) is 18.5. The van der Waals surface area contributed by atoms with Crippen molar-refractivity contribution in [2.24, 2.45) is 5.73 Å². The molecule has 3 N–H and O–H groups in total. The number of urea groups is 1. The molecule has 0 radical (unpaired) electrons. The molecule has 0 bridgehead atoms. The summed E-state index contributed by atoms with van der Waals surface area (Å²) >= 11 is 0. The molecule has 0 aliphatic carbocycles. The van der Waals surface area contributed by atoms with E-state index in [4.69, 9.17) is 5.73 Å². The highest BCUT2D eigenvalue weighted by molar-refractivity contribution is 5.72. The van der Waals surface area contributed by atoms with E-state index in [2.05, 4.69) is 6.92 Å². The lowest BCUT2D eigenvalue weighted by Gasteiger charge is -2.20. The summed E-state index contributed by atoms with van der Waals surface area (Å²) in [6.07, 6.45) is 25.9. The first-order chi connectivity index (χ1) is 16.1. The standard InChI is InChI=1S/C29H52N2O2/c1-2-3-4-5-6-7-8-9-10-11-12-13-14-15-16-17-18-19-20-25-31(29(30)33)26-27-21-23-28(32)24-22-27/h21-24,32H,2-20,25-26H2,1H3,(H2,30,33). The molecule has 0 atom stereocenters. The van der Waals surface area contributed by atoms with Gasteiger partial charge in [0, 0.05) is 13.1 Å². The number of carbonyl (C=O) groups excluding carboxylic acids is 1. The summed E-state index contributed by atoms with van der Waals surface area (Å²) in [6, 6.07) is 6.59. The summed E-state index contributed by atoms with van der Waals surface area (Å²) in [5, 5.41) is 9.37. The highest BCUT2D eigenvalue weighted by atomic mass is 16.3. The van der Waals surface area contributed by atoms with Gasteiger partial charge in [0.25, 0.3) is 0 Å². The predicted molar refractivity (Wildman–Crippen MR) is 141 cm³/mol. The van der Waals surface area contributed by atoms with Crippen molar-refractivity contribution in [3.05, 3.63) is 29.8 Å². The summed E-state index contributed by atoms with van der Waals surface area (Å²) in [6.45, 7) is 3.50. The second-order valence-corrected chi connectivity index (χ2v) is 9.79. The van der Waals surface area contributed by atoms with Crippen LogP contribution in [0.25, 0.3) is 0 Å². The Morgan fingerprint density at radius 1 is 0.667 bits per heavy atom. The van der Waals surface area contributed by atoms with E-state index in [9.17, 15) is 9.90 Å². The van der Waals surface area contributed by atoms with Crippen LogP contribution in [-0.4, -0.2) is 22.6 Å². The van der Waals surface area contributed by atoms with E-state index in [1.165, 1.54) is 109 Å². The SMILES string of the molecule is CCCCCCCCCCCCCCCCCCCCCN(Cc1ccc(O)cc1)C(N)=O. The maximum atomic E-state index is 11.7. The number of carbonyl (C=O) groups is 1. The van der Waals surface area contributed by atoms with E-state index in [1.807, 2.05) is 12.1 Å². The van der Waals surface area contributed by atoms with Gasteiger partial charge in [0.15, 0.2) is 0 Å². The summed E-state index contributed by atoms with van der Waals surface area (Å²) in [4.78, 5) is 13.4. The summed E-state index contributed by atoms with van der Waals surface area (Å²) in [7, 11) is 0. The van der Waals surface area contributed by atoms with Gasteiger partial charge >= 0.3 is 6.03 Å². The molecular formula is C29H52N2O2. The van der Waals surface area contributed by atoms with E-state index < -0.39 is 0 Å². The van der Waals surface area contributed by atoms with Crippen molar-refractivity contribution in [1.82, 2.24) is 4.90 Å². The number of primary amides is 1. The van der Waals surface area contributed by atoms with E-state index in [0.29, 0.717) is 13.1 Å². The number of nitrogens with two attached hydrogens (primary N) is 1. The van der Waals surface area contributed by atoms with Gasteiger partial charge in [-0.1, -0.05) is 135 Å². The monoisotopic (exact) mass is 460 g/mol. The molecule has 33 heavy (non-hydrogen) atoms. The van der Waals surface area contributed by atoms with Crippen LogP contribution in [0.2, 0.25) is 0 Å². The minimum Gasteiger partial charge on any atom is -0.508 e. The number of aromatic hydroxyl groups is 1. The summed E-state index contributed by atoms with van der Waals surface area (Å²) in [5.41, 5.74) is 6.52. The number of amides is 2. The fourth-order valence-electron chi connectivity index (χ4n) is 4.47. The molecule has 0 aliphatic heterocycles. The number of unbranched alkanes of at least 4 members (excludes halogenated alkanes) is 18. The number of benzene rings is 1. The van der Waals surface area contributed by atoms with Crippen molar-refractivity contribution in [1.29, 1.82) is 0 Å². The maximum absolute atomic E-state index is 11.7. The maximum Gasteiger partial charge on any atom is 0.315 e. The number of hydrogen-bond donors (Lipinski definition) is 2. The topological polar surface area (TPSA) is 66.6 Å². The Morgan fingerprint density at radius 3 is 1.39 bits per heavy atom. The third kappa shape index (κ3) is 17.4. The second-order valence-electron chi connectivity index (χ2n) is 9.79. The zero-order valence-electron chi connectivity index (χ0n) is 21.5. The first-order valence-corrected chi connectivity index (χ1v) is 14.0. The Balaban J connectivity index is 1.86. The molecule has 4 nitrogen and oxygen atoms in total. The molecule has 1 aromatic carbocycles. The molecule has 0 saturated carbocycles. The van der Waals surface area contributed by atoms with Crippen LogP contribution in [0.1, 0.15) is 134 Å². The number of rotatable bonds is 22. The third-order valence-electron chi connectivity index (χ3n) is 6.65. The van der Waals surface area contributed by atoms with Crippen LogP contribution >= 0.6 is 0 Å². The Hall–Kier alpha value is -1.71.